The molecule has 16 heavy (non-hydrogen) atoms. The van der Waals surface area contributed by atoms with E-state index < -0.39 is 34.5 Å². The number of nitrogen functional groups attached to an aromatic ring is 1. The van der Waals surface area contributed by atoms with E-state index in [2.05, 4.69) is 0 Å². The van der Waals surface area contributed by atoms with E-state index in [0.29, 0.717) is 0 Å². The molecule has 0 aliphatic heterocycles. The van der Waals surface area contributed by atoms with E-state index in [4.69, 9.17) is 5.73 Å². The van der Waals surface area contributed by atoms with E-state index in [0.717, 1.165) is 0 Å². The molecule has 0 amide bonds. The molecule has 0 aromatic heterocycles. The first-order chi connectivity index (χ1) is 7.45. The Morgan fingerprint density at radius 1 is 0.812 bits per heavy atom. The Balaban J connectivity index is 2.89. The molecule has 1 aromatic carbocycles. The van der Waals surface area contributed by atoms with E-state index in [1.165, 1.54) is 0 Å². The molecule has 0 heterocycles. The summed E-state index contributed by atoms with van der Waals surface area (Å²) in [7, 11) is 0. The lowest BCUT2D eigenvalue weighted by atomic mass is 9.87. The molecular formula is C10H9NO5. The molecule has 1 aliphatic carbocycles. The fourth-order valence-corrected chi connectivity index (χ4v) is 1.75. The van der Waals surface area contributed by atoms with Crippen LogP contribution in [-0.2, 0) is 0 Å². The maximum Gasteiger partial charge on any atom is 0.185 e. The van der Waals surface area contributed by atoms with Crippen LogP contribution in [0.4, 0.5) is 5.69 Å². The van der Waals surface area contributed by atoms with Gasteiger partial charge in [0.15, 0.2) is 28.8 Å². The first-order valence-electron chi connectivity index (χ1n) is 4.57. The SMILES string of the molecule is Nc1c(O)c(O)c2c(c1O)C(=O)CCC2=O. The van der Waals surface area contributed by atoms with Crippen LogP contribution in [0.25, 0.3) is 0 Å². The van der Waals surface area contributed by atoms with Crippen molar-refractivity contribution >= 4 is 17.3 Å². The molecule has 84 valence electrons. The summed E-state index contributed by atoms with van der Waals surface area (Å²) in [6, 6.07) is 0. The number of phenols is 3. The van der Waals surface area contributed by atoms with Gasteiger partial charge in [-0.3, -0.25) is 9.59 Å². The summed E-state index contributed by atoms with van der Waals surface area (Å²) in [6.45, 7) is 0. The summed E-state index contributed by atoms with van der Waals surface area (Å²) in [5.41, 5.74) is 4.14. The van der Waals surface area contributed by atoms with Crippen molar-refractivity contribution in [3.8, 4) is 17.2 Å². The summed E-state index contributed by atoms with van der Waals surface area (Å²) in [6.07, 6.45) is -0.0920. The third-order valence-electron chi connectivity index (χ3n) is 2.59. The van der Waals surface area contributed by atoms with E-state index in [1.807, 2.05) is 0 Å². The average molecular weight is 223 g/mol. The van der Waals surface area contributed by atoms with Crippen molar-refractivity contribution in [2.75, 3.05) is 5.73 Å². The number of hydrogen-bond acceptors (Lipinski definition) is 6. The second-order valence-corrected chi connectivity index (χ2v) is 3.56. The van der Waals surface area contributed by atoms with Gasteiger partial charge in [-0.1, -0.05) is 0 Å². The molecule has 0 atom stereocenters. The van der Waals surface area contributed by atoms with Gasteiger partial charge in [0.05, 0.1) is 11.1 Å². The van der Waals surface area contributed by atoms with Crippen LogP contribution in [0.15, 0.2) is 0 Å². The number of Topliss-reactive ketones (excluding diaryl/α,β-unsaturated/α-hetero) is 2. The van der Waals surface area contributed by atoms with Gasteiger partial charge in [-0.2, -0.15) is 0 Å². The molecule has 5 N–H and O–H groups in total. The van der Waals surface area contributed by atoms with E-state index >= 15 is 0 Å². The lowest BCUT2D eigenvalue weighted by Crippen LogP contribution is -2.18. The van der Waals surface area contributed by atoms with Gasteiger partial charge in [-0.05, 0) is 0 Å². The van der Waals surface area contributed by atoms with Crippen LogP contribution < -0.4 is 5.73 Å². The van der Waals surface area contributed by atoms with Crippen molar-refractivity contribution in [2.24, 2.45) is 0 Å². The second kappa shape index (κ2) is 3.13. The van der Waals surface area contributed by atoms with Gasteiger partial charge in [0.2, 0.25) is 0 Å². The number of hydrogen-bond donors (Lipinski definition) is 4. The zero-order valence-corrected chi connectivity index (χ0v) is 8.15. The molecule has 0 bridgehead atoms. The number of fused-ring (bicyclic) bond motifs is 1. The molecule has 6 heteroatoms. The molecule has 6 nitrogen and oxygen atoms in total. The van der Waals surface area contributed by atoms with Crippen LogP contribution >= 0.6 is 0 Å². The third kappa shape index (κ3) is 1.13. The Bertz CT molecular complexity index is 474. The van der Waals surface area contributed by atoms with E-state index in [1.54, 1.807) is 0 Å². The smallest absolute Gasteiger partial charge is 0.185 e. The van der Waals surface area contributed by atoms with Gasteiger partial charge in [0.1, 0.15) is 5.69 Å². The van der Waals surface area contributed by atoms with Crippen LogP contribution in [0, 0.1) is 0 Å². The molecule has 0 radical (unpaired) electrons. The molecular weight excluding hydrogens is 214 g/mol. The molecule has 0 saturated carbocycles. The highest BCUT2D eigenvalue weighted by molar-refractivity contribution is 6.18. The number of carbonyl (C=O) groups excluding carboxylic acids is 2. The standard InChI is InChI=1S/C10H9NO5/c11-7-8(14)5-3(12)1-2-4(13)6(5)9(15)10(7)16/h14-16H,1-2,11H2. The number of rotatable bonds is 0. The fraction of sp³-hybridized carbons (Fsp3) is 0.200. The summed E-state index contributed by atoms with van der Waals surface area (Å²) in [5.74, 6) is -3.15. The van der Waals surface area contributed by atoms with Crippen LogP contribution in [-0.4, -0.2) is 26.9 Å². The summed E-state index contributed by atoms with van der Waals surface area (Å²) < 4.78 is 0. The Hall–Kier alpha value is -2.24. The number of nitrogens with two attached hydrogens (primary N) is 1. The second-order valence-electron chi connectivity index (χ2n) is 3.56. The highest BCUT2D eigenvalue weighted by atomic mass is 16.3. The largest absolute Gasteiger partial charge is 0.505 e. The predicted octanol–water partition coefficient (Wildman–Crippen LogP) is 0.545. The van der Waals surface area contributed by atoms with Crippen molar-refractivity contribution in [1.82, 2.24) is 0 Å². The Morgan fingerprint density at radius 2 is 1.25 bits per heavy atom. The molecule has 1 aromatic rings. The predicted molar refractivity (Wildman–Crippen MR) is 53.7 cm³/mol. The van der Waals surface area contributed by atoms with Gasteiger partial charge in [0.25, 0.3) is 0 Å². The van der Waals surface area contributed by atoms with Gasteiger partial charge in [0, 0.05) is 12.8 Å². The average Bonchev–Trinajstić information content (AvgIpc) is 2.26. The van der Waals surface area contributed by atoms with Gasteiger partial charge >= 0.3 is 0 Å². The quantitative estimate of drug-likeness (QED) is 0.289. The maximum atomic E-state index is 11.5. The number of aromatic hydroxyl groups is 3. The number of anilines is 1. The minimum Gasteiger partial charge on any atom is -0.505 e. The van der Waals surface area contributed by atoms with Gasteiger partial charge < -0.3 is 21.1 Å². The van der Waals surface area contributed by atoms with Crippen LogP contribution in [0.2, 0.25) is 0 Å². The van der Waals surface area contributed by atoms with Gasteiger partial charge in [-0.15, -0.1) is 0 Å². The number of phenolic OH excluding ortho intramolecular Hbond substituents is 3. The lowest BCUT2D eigenvalue weighted by molar-refractivity contribution is 0.0884. The van der Waals surface area contributed by atoms with Crippen LogP contribution in [0.1, 0.15) is 33.6 Å². The van der Waals surface area contributed by atoms with E-state index in [9.17, 15) is 24.9 Å². The first kappa shape index (κ1) is 10.3. The Morgan fingerprint density at radius 3 is 1.75 bits per heavy atom. The maximum absolute atomic E-state index is 11.5. The van der Waals surface area contributed by atoms with Crippen LogP contribution in [0.3, 0.4) is 0 Å². The summed E-state index contributed by atoms with van der Waals surface area (Å²) in [5, 5.41) is 28.4. The minimum atomic E-state index is -0.778. The van der Waals surface area contributed by atoms with Crippen molar-refractivity contribution in [1.29, 1.82) is 0 Å². The van der Waals surface area contributed by atoms with E-state index in [-0.39, 0.29) is 24.0 Å². The van der Waals surface area contributed by atoms with Crippen molar-refractivity contribution in [3.05, 3.63) is 11.1 Å². The Kier molecular flexibility index (Phi) is 2.01. The zero-order chi connectivity index (χ0) is 12.0. The molecule has 0 saturated heterocycles. The topological polar surface area (TPSA) is 121 Å². The third-order valence-corrected chi connectivity index (χ3v) is 2.59. The molecule has 0 unspecified atom stereocenters. The zero-order valence-electron chi connectivity index (χ0n) is 8.15. The molecule has 0 fully saturated rings. The van der Waals surface area contributed by atoms with Crippen molar-refractivity contribution in [3.63, 3.8) is 0 Å². The molecule has 0 spiro atoms. The molecule has 1 aliphatic rings. The highest BCUT2D eigenvalue weighted by Gasteiger charge is 2.33. The lowest BCUT2D eigenvalue weighted by Gasteiger charge is -2.18. The first-order valence-corrected chi connectivity index (χ1v) is 4.57. The molecule has 2 rings (SSSR count). The number of benzene rings is 1. The van der Waals surface area contributed by atoms with Crippen molar-refractivity contribution in [2.45, 2.75) is 12.8 Å². The summed E-state index contributed by atoms with van der Waals surface area (Å²) in [4.78, 5) is 23.0. The number of carbonyl (C=O) groups is 2. The van der Waals surface area contributed by atoms with Crippen LogP contribution in [0.5, 0.6) is 17.2 Å². The number of ketones is 2. The monoisotopic (exact) mass is 223 g/mol. The van der Waals surface area contributed by atoms with Crippen molar-refractivity contribution < 1.29 is 24.9 Å². The highest BCUT2D eigenvalue weighted by Crippen LogP contribution is 2.46. The normalized spacial score (nSPS) is 15.0. The Labute approximate surface area is 89.9 Å². The fourth-order valence-electron chi connectivity index (χ4n) is 1.75. The summed E-state index contributed by atoms with van der Waals surface area (Å²) >= 11 is 0. The van der Waals surface area contributed by atoms with Gasteiger partial charge in [-0.25, -0.2) is 0 Å². The minimum absolute atomic E-state index is 0.0386.